The van der Waals surface area contributed by atoms with Gasteiger partial charge >= 0.3 is 0 Å². The Balaban J connectivity index is 1.76. The summed E-state index contributed by atoms with van der Waals surface area (Å²) >= 11 is 0. The van der Waals surface area contributed by atoms with E-state index in [2.05, 4.69) is 20.3 Å². The van der Waals surface area contributed by atoms with Gasteiger partial charge in [-0.1, -0.05) is 36.4 Å². The Labute approximate surface area is 224 Å². The number of para-hydroxylation sites is 1. The first-order valence-electron chi connectivity index (χ1n) is 11.9. The number of fused-ring (bicyclic) bond motifs is 1. The predicted molar refractivity (Wildman–Crippen MR) is 149 cm³/mol. The fraction of sp³-hybridized carbons (Fsp3) is 0.107. The highest BCUT2D eigenvalue weighted by Crippen LogP contribution is 2.31. The molecule has 1 atom stereocenters. The normalized spacial score (nSPS) is 12.1. The monoisotopic (exact) mass is 537 g/mol. The van der Waals surface area contributed by atoms with E-state index in [0.717, 1.165) is 6.26 Å². The van der Waals surface area contributed by atoms with Crippen LogP contribution < -0.4 is 16.6 Å². The van der Waals surface area contributed by atoms with E-state index >= 15 is 0 Å². The van der Waals surface area contributed by atoms with Crippen LogP contribution in [0.3, 0.4) is 0 Å². The first-order valence-corrected chi connectivity index (χ1v) is 13.8. The van der Waals surface area contributed by atoms with Crippen LogP contribution in [0.25, 0.3) is 27.6 Å². The van der Waals surface area contributed by atoms with Gasteiger partial charge in [0.2, 0.25) is 5.95 Å². The van der Waals surface area contributed by atoms with Crippen LogP contribution in [0, 0.1) is 11.3 Å². The number of benzene rings is 2. The molecule has 0 saturated heterocycles. The zero-order chi connectivity index (χ0) is 27.7. The lowest BCUT2D eigenvalue weighted by Crippen LogP contribution is -2.26. The van der Waals surface area contributed by atoms with Crippen LogP contribution in [0.5, 0.6) is 0 Å². The minimum absolute atomic E-state index is 0.0121. The molecule has 0 amide bonds. The van der Waals surface area contributed by atoms with E-state index in [1.165, 1.54) is 18.5 Å². The third-order valence-electron chi connectivity index (χ3n) is 6.24. The van der Waals surface area contributed by atoms with Crippen LogP contribution in [0.15, 0.2) is 88.9 Å². The van der Waals surface area contributed by atoms with E-state index < -0.39 is 15.9 Å². The molecule has 0 unspecified atom stereocenters. The van der Waals surface area contributed by atoms with Crippen molar-refractivity contribution >= 4 is 32.4 Å². The van der Waals surface area contributed by atoms with E-state index in [0.29, 0.717) is 33.3 Å². The maximum Gasteiger partial charge on any atom is 0.263 e. The van der Waals surface area contributed by atoms with Gasteiger partial charge in [0.15, 0.2) is 14.9 Å². The fourth-order valence-electron chi connectivity index (χ4n) is 4.43. The lowest BCUT2D eigenvalue weighted by Gasteiger charge is -2.22. The first kappa shape index (κ1) is 25.6. The quantitative estimate of drug-likeness (QED) is 0.328. The van der Waals surface area contributed by atoms with Crippen LogP contribution in [-0.2, 0) is 9.84 Å². The molecule has 0 aliphatic rings. The summed E-state index contributed by atoms with van der Waals surface area (Å²) in [7, 11) is -3.55. The minimum Gasteiger partial charge on any atom is -0.368 e. The smallest absolute Gasteiger partial charge is 0.263 e. The molecule has 3 heterocycles. The van der Waals surface area contributed by atoms with Crippen molar-refractivity contribution in [3.63, 3.8) is 0 Å². The Morgan fingerprint density at radius 3 is 2.54 bits per heavy atom. The predicted octanol–water partition coefficient (Wildman–Crippen LogP) is 3.87. The number of hydrogen-bond donors (Lipinski definition) is 2. The topological polar surface area (TPSA) is 157 Å². The van der Waals surface area contributed by atoms with Gasteiger partial charge in [0, 0.05) is 23.8 Å². The van der Waals surface area contributed by atoms with Crippen molar-refractivity contribution in [2.24, 2.45) is 0 Å². The molecule has 2 aromatic carbocycles. The lowest BCUT2D eigenvalue weighted by molar-refractivity contribution is 0.598. The summed E-state index contributed by atoms with van der Waals surface area (Å²) in [5.41, 5.74) is 8.07. The molecular weight excluding hydrogens is 514 g/mol. The van der Waals surface area contributed by atoms with Crippen molar-refractivity contribution < 1.29 is 8.42 Å². The number of pyridine rings is 2. The van der Waals surface area contributed by atoms with Crippen molar-refractivity contribution in [1.29, 1.82) is 5.26 Å². The second-order valence-electron chi connectivity index (χ2n) is 8.94. The Morgan fingerprint density at radius 1 is 1.05 bits per heavy atom. The number of nitriles is 1. The first-order chi connectivity index (χ1) is 18.7. The minimum atomic E-state index is -3.55. The van der Waals surface area contributed by atoms with Crippen molar-refractivity contribution in [2.75, 3.05) is 17.3 Å². The van der Waals surface area contributed by atoms with Crippen molar-refractivity contribution in [3.05, 3.63) is 101 Å². The number of rotatable bonds is 6. The summed E-state index contributed by atoms with van der Waals surface area (Å²) in [5, 5.41) is 13.7. The molecular formula is C28H23N7O3S. The highest BCUT2D eigenvalue weighted by molar-refractivity contribution is 7.90. The average Bonchev–Trinajstić information content (AvgIpc) is 2.93. The molecule has 0 aliphatic heterocycles. The molecule has 3 aromatic heterocycles. The molecule has 194 valence electrons. The van der Waals surface area contributed by atoms with Gasteiger partial charge in [0.1, 0.15) is 17.5 Å². The maximum atomic E-state index is 14.3. The number of aromatic nitrogens is 4. The molecule has 0 spiro atoms. The molecule has 3 N–H and O–H groups in total. The standard InChI is InChI=1S/C28H23N7O3S/c1-17(33-26-20(15-29)16-32-28(30)34-26)23-13-19-7-6-10-22(18-11-12-31-24(14-18)39(2,37)38)25(19)27(36)35(23)21-8-4-3-5-9-21/h3-14,16-17H,1-2H3,(H3,30,32,33,34)/t17-/m0/s1. The van der Waals surface area contributed by atoms with Gasteiger partial charge in [-0.25, -0.2) is 18.4 Å². The number of nitrogens with one attached hydrogen (secondary N) is 1. The molecule has 10 nitrogen and oxygen atoms in total. The molecule has 11 heteroatoms. The number of sulfone groups is 1. The molecule has 0 saturated carbocycles. The van der Waals surface area contributed by atoms with Crippen molar-refractivity contribution in [2.45, 2.75) is 18.0 Å². The molecule has 0 aliphatic carbocycles. The van der Waals surface area contributed by atoms with Gasteiger partial charge in [0.25, 0.3) is 5.56 Å². The number of nitrogen functional groups attached to an aromatic ring is 1. The number of nitrogens with zero attached hydrogens (tertiary/aromatic N) is 5. The zero-order valence-corrected chi connectivity index (χ0v) is 21.8. The van der Waals surface area contributed by atoms with E-state index in [9.17, 15) is 18.5 Å². The fourth-order valence-corrected chi connectivity index (χ4v) is 5.02. The Hall–Kier alpha value is -5.08. The molecule has 0 bridgehead atoms. The van der Waals surface area contributed by atoms with Crippen LogP contribution in [-0.4, -0.2) is 34.2 Å². The van der Waals surface area contributed by atoms with E-state index in [1.54, 1.807) is 16.7 Å². The van der Waals surface area contributed by atoms with Gasteiger partial charge in [-0.05, 0) is 53.8 Å². The molecule has 0 fully saturated rings. The summed E-state index contributed by atoms with van der Waals surface area (Å²) < 4.78 is 25.9. The largest absolute Gasteiger partial charge is 0.368 e. The van der Waals surface area contributed by atoms with Crippen LogP contribution in [0.2, 0.25) is 0 Å². The SMILES string of the molecule is C[C@H](Nc1nc(N)ncc1C#N)c1cc2cccc(-c3ccnc(S(C)(=O)=O)c3)c2c(=O)n1-c1ccccc1. The number of hydrogen-bond acceptors (Lipinski definition) is 9. The van der Waals surface area contributed by atoms with E-state index in [4.69, 9.17) is 5.73 Å². The van der Waals surface area contributed by atoms with E-state index in [-0.39, 0.29) is 27.9 Å². The molecule has 5 aromatic rings. The van der Waals surface area contributed by atoms with Gasteiger partial charge in [-0.3, -0.25) is 9.36 Å². The zero-order valence-electron chi connectivity index (χ0n) is 21.0. The third-order valence-corrected chi connectivity index (χ3v) is 7.22. The van der Waals surface area contributed by atoms with Crippen molar-refractivity contribution in [3.8, 4) is 22.9 Å². The number of nitrogens with two attached hydrogens (primary N) is 1. The highest BCUT2D eigenvalue weighted by Gasteiger charge is 2.21. The summed E-state index contributed by atoms with van der Waals surface area (Å²) in [4.78, 5) is 26.3. The average molecular weight is 538 g/mol. The van der Waals surface area contributed by atoms with Gasteiger partial charge in [-0.15, -0.1) is 0 Å². The van der Waals surface area contributed by atoms with Crippen LogP contribution in [0.1, 0.15) is 24.2 Å². The lowest BCUT2D eigenvalue weighted by atomic mass is 9.98. The summed E-state index contributed by atoms with van der Waals surface area (Å²) in [5.74, 6) is 0.265. The summed E-state index contributed by atoms with van der Waals surface area (Å²) in [6.45, 7) is 1.85. The van der Waals surface area contributed by atoms with Crippen molar-refractivity contribution in [1.82, 2.24) is 19.5 Å². The van der Waals surface area contributed by atoms with Crippen LogP contribution in [0.4, 0.5) is 11.8 Å². The Morgan fingerprint density at radius 2 is 1.82 bits per heavy atom. The molecule has 0 radical (unpaired) electrons. The Bertz CT molecular complexity index is 1930. The van der Waals surface area contributed by atoms with E-state index in [1.807, 2.05) is 61.5 Å². The van der Waals surface area contributed by atoms with Crippen LogP contribution >= 0.6 is 0 Å². The summed E-state index contributed by atoms with van der Waals surface area (Å²) in [6.07, 6.45) is 3.85. The third kappa shape index (κ3) is 4.93. The summed E-state index contributed by atoms with van der Waals surface area (Å²) in [6, 6.07) is 21.2. The molecule has 5 rings (SSSR count). The second-order valence-corrected chi connectivity index (χ2v) is 10.9. The van der Waals surface area contributed by atoms with Gasteiger partial charge in [-0.2, -0.15) is 10.2 Å². The number of anilines is 2. The Kier molecular flexibility index (Phi) is 6.55. The van der Waals surface area contributed by atoms with Gasteiger partial charge < -0.3 is 11.1 Å². The maximum absolute atomic E-state index is 14.3. The van der Waals surface area contributed by atoms with Gasteiger partial charge in [0.05, 0.1) is 17.6 Å². The second kappa shape index (κ2) is 10.00. The highest BCUT2D eigenvalue weighted by atomic mass is 32.2. The molecule has 39 heavy (non-hydrogen) atoms.